The van der Waals surface area contributed by atoms with E-state index in [1.54, 1.807) is 36.4 Å². The van der Waals surface area contributed by atoms with Crippen molar-refractivity contribution in [2.45, 2.75) is 33.1 Å². The normalized spacial score (nSPS) is 11.7. The summed E-state index contributed by atoms with van der Waals surface area (Å²) < 4.78 is 5.37. The SMILES string of the molecule is CCC.Oc1ccc2c(c1)CCCO2.Oc1ccccc1. The van der Waals surface area contributed by atoms with E-state index in [-0.39, 0.29) is 0 Å². The van der Waals surface area contributed by atoms with Gasteiger partial charge in [0.1, 0.15) is 17.2 Å². The third kappa shape index (κ3) is 6.70. The van der Waals surface area contributed by atoms with Crippen LogP contribution in [0.15, 0.2) is 48.5 Å². The van der Waals surface area contributed by atoms with E-state index in [1.807, 2.05) is 12.1 Å². The predicted octanol–water partition coefficient (Wildman–Crippen LogP) is 4.53. The molecule has 114 valence electrons. The second-order valence-corrected chi connectivity index (χ2v) is 4.79. The lowest BCUT2D eigenvalue weighted by Crippen LogP contribution is -2.07. The van der Waals surface area contributed by atoms with E-state index in [1.165, 1.54) is 6.42 Å². The molecule has 2 aromatic carbocycles. The topological polar surface area (TPSA) is 49.7 Å². The molecule has 3 rings (SSSR count). The molecule has 2 N–H and O–H groups in total. The van der Waals surface area contributed by atoms with Gasteiger partial charge in [0, 0.05) is 0 Å². The number of aromatic hydroxyl groups is 2. The van der Waals surface area contributed by atoms with Gasteiger partial charge in [0.05, 0.1) is 6.61 Å². The van der Waals surface area contributed by atoms with E-state index < -0.39 is 0 Å². The maximum Gasteiger partial charge on any atom is 0.122 e. The molecule has 0 saturated carbocycles. The van der Waals surface area contributed by atoms with Crippen molar-refractivity contribution in [2.24, 2.45) is 0 Å². The number of phenols is 2. The molecule has 3 heteroatoms. The van der Waals surface area contributed by atoms with Gasteiger partial charge in [-0.1, -0.05) is 38.5 Å². The van der Waals surface area contributed by atoms with Crippen LogP contribution in [-0.2, 0) is 6.42 Å². The van der Waals surface area contributed by atoms with Crippen molar-refractivity contribution in [1.82, 2.24) is 0 Å². The Morgan fingerprint density at radius 3 is 2.19 bits per heavy atom. The summed E-state index contributed by atoms with van der Waals surface area (Å²) in [6.45, 7) is 5.05. The molecular formula is C18H24O3. The zero-order valence-electron chi connectivity index (χ0n) is 12.7. The van der Waals surface area contributed by atoms with Crippen LogP contribution in [-0.4, -0.2) is 16.8 Å². The average molecular weight is 288 g/mol. The number of hydrogen-bond acceptors (Lipinski definition) is 3. The first-order valence-corrected chi connectivity index (χ1v) is 7.36. The average Bonchev–Trinajstić information content (AvgIpc) is 2.49. The Balaban J connectivity index is 0.000000190. The smallest absolute Gasteiger partial charge is 0.122 e. The van der Waals surface area contributed by atoms with Crippen LogP contribution in [0.2, 0.25) is 0 Å². The molecule has 0 aliphatic carbocycles. The standard InChI is InChI=1S/C9H10O2.C6H6O.C3H8/c10-8-3-4-9-7(6-8)2-1-5-11-9;7-6-4-2-1-3-5-6;1-3-2/h3-4,6,10H,1-2,5H2;1-5,7H;3H2,1-2H3. The van der Waals surface area contributed by atoms with Crippen molar-refractivity contribution in [1.29, 1.82) is 0 Å². The molecule has 0 aromatic heterocycles. The Morgan fingerprint density at radius 2 is 1.62 bits per heavy atom. The van der Waals surface area contributed by atoms with Crippen molar-refractivity contribution < 1.29 is 14.9 Å². The number of hydrogen-bond donors (Lipinski definition) is 2. The van der Waals surface area contributed by atoms with Crippen molar-refractivity contribution in [3.05, 3.63) is 54.1 Å². The number of ether oxygens (including phenoxy) is 1. The van der Waals surface area contributed by atoms with Gasteiger partial charge in [-0.2, -0.15) is 0 Å². The first-order valence-electron chi connectivity index (χ1n) is 7.36. The van der Waals surface area contributed by atoms with Crippen molar-refractivity contribution in [3.63, 3.8) is 0 Å². The van der Waals surface area contributed by atoms with Gasteiger partial charge in [-0.15, -0.1) is 0 Å². The van der Waals surface area contributed by atoms with Gasteiger partial charge in [-0.3, -0.25) is 0 Å². The third-order valence-electron chi connectivity index (χ3n) is 2.65. The lowest BCUT2D eigenvalue weighted by molar-refractivity contribution is 0.287. The lowest BCUT2D eigenvalue weighted by Gasteiger charge is -2.16. The van der Waals surface area contributed by atoms with Crippen LogP contribution in [0.3, 0.4) is 0 Å². The van der Waals surface area contributed by atoms with E-state index in [4.69, 9.17) is 14.9 Å². The molecule has 0 atom stereocenters. The largest absolute Gasteiger partial charge is 0.508 e. The van der Waals surface area contributed by atoms with Gasteiger partial charge in [-0.05, 0) is 48.7 Å². The molecule has 0 amide bonds. The number of benzene rings is 2. The highest BCUT2D eigenvalue weighted by molar-refractivity contribution is 5.40. The van der Waals surface area contributed by atoms with Crippen LogP contribution in [0, 0.1) is 0 Å². The van der Waals surface area contributed by atoms with Gasteiger partial charge < -0.3 is 14.9 Å². The fourth-order valence-electron chi connectivity index (χ4n) is 1.77. The van der Waals surface area contributed by atoms with Crippen molar-refractivity contribution >= 4 is 0 Å². The Bertz CT molecular complexity index is 509. The molecule has 1 heterocycles. The second kappa shape index (κ2) is 9.70. The predicted molar refractivity (Wildman–Crippen MR) is 86.0 cm³/mol. The summed E-state index contributed by atoms with van der Waals surface area (Å²) in [6.07, 6.45) is 3.32. The first-order chi connectivity index (χ1) is 10.2. The summed E-state index contributed by atoms with van der Waals surface area (Å²) in [5, 5.41) is 17.8. The molecule has 0 radical (unpaired) electrons. The summed E-state index contributed by atoms with van der Waals surface area (Å²) in [5.41, 5.74) is 1.12. The quantitative estimate of drug-likeness (QED) is 0.749. The van der Waals surface area contributed by atoms with Crippen LogP contribution < -0.4 is 4.74 Å². The second-order valence-electron chi connectivity index (χ2n) is 4.79. The van der Waals surface area contributed by atoms with Crippen molar-refractivity contribution in [3.8, 4) is 17.2 Å². The zero-order valence-corrected chi connectivity index (χ0v) is 12.7. The van der Waals surface area contributed by atoms with Gasteiger partial charge in [-0.25, -0.2) is 0 Å². The molecule has 21 heavy (non-hydrogen) atoms. The molecule has 3 nitrogen and oxygen atoms in total. The molecule has 0 spiro atoms. The van der Waals surface area contributed by atoms with Crippen LogP contribution >= 0.6 is 0 Å². The number of fused-ring (bicyclic) bond motifs is 1. The number of rotatable bonds is 0. The number of phenolic OH excluding ortho intramolecular Hbond substituents is 2. The van der Waals surface area contributed by atoms with Crippen LogP contribution in [0.1, 0.15) is 32.3 Å². The summed E-state index contributed by atoms with van der Waals surface area (Å²) in [6, 6.07) is 14.0. The van der Waals surface area contributed by atoms with Gasteiger partial charge in [0.25, 0.3) is 0 Å². The van der Waals surface area contributed by atoms with E-state index >= 15 is 0 Å². The molecule has 1 aliphatic rings. The fourth-order valence-corrected chi connectivity index (χ4v) is 1.77. The Labute approximate surface area is 126 Å². The lowest BCUT2D eigenvalue weighted by atomic mass is 10.1. The van der Waals surface area contributed by atoms with Gasteiger partial charge in [0.2, 0.25) is 0 Å². The highest BCUT2D eigenvalue weighted by atomic mass is 16.5. The summed E-state index contributed by atoms with van der Waals surface area (Å²) in [7, 11) is 0. The number of para-hydroxylation sites is 1. The van der Waals surface area contributed by atoms with E-state index in [0.29, 0.717) is 11.5 Å². The highest BCUT2D eigenvalue weighted by Gasteiger charge is 2.09. The summed E-state index contributed by atoms with van der Waals surface area (Å²) >= 11 is 0. The molecule has 1 aliphatic heterocycles. The van der Waals surface area contributed by atoms with Crippen LogP contribution in [0.4, 0.5) is 0 Å². The maximum atomic E-state index is 9.13. The fraction of sp³-hybridized carbons (Fsp3) is 0.333. The van der Waals surface area contributed by atoms with Crippen LogP contribution in [0.25, 0.3) is 0 Å². The molecule has 0 saturated heterocycles. The van der Waals surface area contributed by atoms with E-state index in [9.17, 15) is 0 Å². The highest BCUT2D eigenvalue weighted by Crippen LogP contribution is 2.27. The van der Waals surface area contributed by atoms with Gasteiger partial charge >= 0.3 is 0 Å². The minimum absolute atomic E-state index is 0.322. The molecular weight excluding hydrogens is 264 g/mol. The molecule has 0 unspecified atom stereocenters. The zero-order chi connectivity index (χ0) is 15.5. The summed E-state index contributed by atoms with van der Waals surface area (Å²) in [5.74, 6) is 1.57. The molecule has 0 fully saturated rings. The monoisotopic (exact) mass is 288 g/mol. The minimum Gasteiger partial charge on any atom is -0.508 e. The Morgan fingerprint density at radius 1 is 0.952 bits per heavy atom. The minimum atomic E-state index is 0.322. The Kier molecular flexibility index (Phi) is 7.80. The Hall–Kier alpha value is -2.16. The maximum absolute atomic E-state index is 9.13. The number of aryl methyl sites for hydroxylation is 1. The first kappa shape index (κ1) is 16.9. The van der Waals surface area contributed by atoms with E-state index in [2.05, 4.69) is 13.8 Å². The molecule has 0 bridgehead atoms. The van der Waals surface area contributed by atoms with Crippen molar-refractivity contribution in [2.75, 3.05) is 6.61 Å². The molecule has 2 aromatic rings. The third-order valence-corrected chi connectivity index (χ3v) is 2.65. The van der Waals surface area contributed by atoms with E-state index in [0.717, 1.165) is 30.8 Å². The summed E-state index contributed by atoms with van der Waals surface area (Å²) in [4.78, 5) is 0. The van der Waals surface area contributed by atoms with Crippen LogP contribution in [0.5, 0.6) is 17.2 Å². The van der Waals surface area contributed by atoms with Gasteiger partial charge in [0.15, 0.2) is 0 Å².